The van der Waals surface area contributed by atoms with Crippen LogP contribution in [0.25, 0.3) is 0 Å². The van der Waals surface area contributed by atoms with Gasteiger partial charge in [0.2, 0.25) is 0 Å². The number of benzene rings is 1. The van der Waals surface area contributed by atoms with Gasteiger partial charge in [-0.25, -0.2) is 8.42 Å². The van der Waals surface area contributed by atoms with E-state index in [0.29, 0.717) is 5.33 Å². The molecule has 0 heterocycles. The van der Waals surface area contributed by atoms with Crippen molar-refractivity contribution < 1.29 is 8.42 Å². The summed E-state index contributed by atoms with van der Waals surface area (Å²) in [4.78, 5) is 0. The maximum Gasteiger partial charge on any atom is 0.144 e. The van der Waals surface area contributed by atoms with Gasteiger partial charge in [-0.2, -0.15) is 0 Å². The summed E-state index contributed by atoms with van der Waals surface area (Å²) >= 11 is 3.30. The van der Waals surface area contributed by atoms with Crippen molar-refractivity contribution in [2.45, 2.75) is 11.1 Å². The highest BCUT2D eigenvalue weighted by Crippen LogP contribution is 2.12. The normalized spacial score (nSPS) is 10.5. The number of halogens is 1. The summed E-state index contributed by atoms with van der Waals surface area (Å²) in [6.45, 7) is 0. The Balaban J connectivity index is 2.96. The first-order valence-electron chi connectivity index (χ1n) is 3.48. The number of alkyl halides is 1. The van der Waals surface area contributed by atoms with Gasteiger partial charge in [0.05, 0.1) is 5.75 Å². The molecule has 0 aliphatic carbocycles. The molecule has 0 atom stereocenters. The number of hydrogen-bond acceptors (Lipinski definition) is 2. The minimum Gasteiger partial charge on any atom is -0.232 e. The van der Waals surface area contributed by atoms with Crippen molar-refractivity contribution in [3.8, 4) is 0 Å². The number of hydrogen-bond donors (Lipinski definition) is 1. The minimum atomic E-state index is -2.32. The Morgan fingerprint density at radius 2 is 1.75 bits per heavy atom. The largest absolute Gasteiger partial charge is 0.232 e. The molecule has 0 radical (unpaired) electrons. The summed E-state index contributed by atoms with van der Waals surface area (Å²) < 4.78 is 20.9. The maximum atomic E-state index is 10.5. The second kappa shape index (κ2) is 4.62. The number of rotatable bonds is 3. The van der Waals surface area contributed by atoms with Gasteiger partial charge in [-0.15, -0.1) is 0 Å². The summed E-state index contributed by atoms with van der Waals surface area (Å²) in [5, 5.41) is 0.701. The van der Waals surface area contributed by atoms with Crippen LogP contribution in [0.1, 0.15) is 11.1 Å². The van der Waals surface area contributed by atoms with Gasteiger partial charge in [0.25, 0.3) is 0 Å². The summed E-state index contributed by atoms with van der Waals surface area (Å²) in [5.41, 5.74) is 1.92. The van der Waals surface area contributed by atoms with E-state index in [1.807, 2.05) is 24.3 Å². The molecule has 0 N–H and O–H groups in total. The minimum absolute atomic E-state index is 0.136. The predicted octanol–water partition coefficient (Wildman–Crippen LogP) is 1.69. The third-order valence-corrected chi connectivity index (χ3v) is 2.76. The maximum absolute atomic E-state index is 10.5. The monoisotopic (exact) mass is 248 g/mol. The Kier molecular flexibility index (Phi) is 3.75. The van der Waals surface area contributed by atoms with Gasteiger partial charge in [-0.3, -0.25) is 0 Å². The van der Waals surface area contributed by atoms with Crippen LogP contribution < -0.4 is 0 Å². The molecule has 0 aliphatic rings. The molecule has 0 aliphatic heterocycles. The van der Waals surface area contributed by atoms with Gasteiger partial charge in [0.1, 0.15) is 10.7 Å². The summed E-state index contributed by atoms with van der Waals surface area (Å²) in [6, 6.07) is 7.50. The van der Waals surface area contributed by atoms with E-state index in [4.69, 9.17) is 0 Å². The SMILES string of the molecule is O=[SH](=O)Cc1ccccc1CBr. The van der Waals surface area contributed by atoms with Gasteiger partial charge >= 0.3 is 0 Å². The Bertz CT molecular complexity index is 326. The summed E-state index contributed by atoms with van der Waals surface area (Å²) in [6.07, 6.45) is 0. The lowest BCUT2D eigenvalue weighted by atomic mass is 10.1. The first-order chi connectivity index (χ1) is 5.74. The highest BCUT2D eigenvalue weighted by molar-refractivity contribution is 9.08. The molecule has 0 bridgehead atoms. The fraction of sp³-hybridized carbons (Fsp3) is 0.250. The van der Waals surface area contributed by atoms with Crippen molar-refractivity contribution >= 4 is 26.6 Å². The zero-order valence-electron chi connectivity index (χ0n) is 6.37. The van der Waals surface area contributed by atoms with Crippen LogP contribution in [-0.4, -0.2) is 8.42 Å². The summed E-state index contributed by atoms with van der Waals surface area (Å²) in [5.74, 6) is 0.136. The first kappa shape index (κ1) is 9.74. The predicted molar refractivity (Wildman–Crippen MR) is 53.1 cm³/mol. The average molecular weight is 249 g/mol. The third-order valence-electron chi connectivity index (χ3n) is 1.56. The lowest BCUT2D eigenvalue weighted by Crippen LogP contribution is -1.91. The van der Waals surface area contributed by atoms with Crippen LogP contribution in [0.2, 0.25) is 0 Å². The fourth-order valence-electron chi connectivity index (χ4n) is 0.981. The molecular weight excluding hydrogens is 240 g/mol. The van der Waals surface area contributed by atoms with Crippen molar-refractivity contribution in [3.63, 3.8) is 0 Å². The van der Waals surface area contributed by atoms with Crippen LogP contribution in [0.5, 0.6) is 0 Å². The molecular formula is C8H9BrO2S. The van der Waals surface area contributed by atoms with Gasteiger partial charge in [-0.1, -0.05) is 40.2 Å². The van der Waals surface area contributed by atoms with Crippen molar-refractivity contribution in [2.24, 2.45) is 0 Å². The van der Waals surface area contributed by atoms with Crippen molar-refractivity contribution in [3.05, 3.63) is 35.4 Å². The van der Waals surface area contributed by atoms with Crippen LogP contribution in [0.15, 0.2) is 24.3 Å². The average Bonchev–Trinajstić information content (AvgIpc) is 2.04. The fourth-order valence-corrected chi connectivity index (χ4v) is 2.11. The highest BCUT2D eigenvalue weighted by Gasteiger charge is 1.99. The second-order valence-electron chi connectivity index (χ2n) is 2.39. The molecule has 0 unspecified atom stereocenters. The molecule has 0 aromatic heterocycles. The Morgan fingerprint density at radius 1 is 1.17 bits per heavy atom. The number of thiol groups is 1. The van der Waals surface area contributed by atoms with E-state index in [1.165, 1.54) is 0 Å². The van der Waals surface area contributed by atoms with Crippen LogP contribution in [0.3, 0.4) is 0 Å². The van der Waals surface area contributed by atoms with Gasteiger partial charge in [0, 0.05) is 5.33 Å². The molecule has 1 aromatic carbocycles. The molecule has 2 nitrogen and oxygen atoms in total. The second-order valence-corrected chi connectivity index (χ2v) is 3.94. The molecule has 0 saturated heterocycles. The van der Waals surface area contributed by atoms with E-state index in [0.717, 1.165) is 11.1 Å². The Morgan fingerprint density at radius 3 is 2.25 bits per heavy atom. The topological polar surface area (TPSA) is 34.1 Å². The standard InChI is InChI=1S/C8H9BrO2S/c9-5-7-3-1-2-4-8(7)6-12(10)11/h1-4,12H,5-6H2. The van der Waals surface area contributed by atoms with Gasteiger partial charge < -0.3 is 0 Å². The van der Waals surface area contributed by atoms with E-state index in [-0.39, 0.29) is 5.75 Å². The molecule has 0 spiro atoms. The third kappa shape index (κ3) is 2.60. The van der Waals surface area contributed by atoms with Crippen molar-refractivity contribution in [1.82, 2.24) is 0 Å². The molecule has 4 heteroatoms. The summed E-state index contributed by atoms with van der Waals surface area (Å²) in [7, 11) is -2.32. The highest BCUT2D eigenvalue weighted by atomic mass is 79.9. The van der Waals surface area contributed by atoms with Crippen LogP contribution in [0.4, 0.5) is 0 Å². The Hall–Kier alpha value is -0.350. The molecule has 12 heavy (non-hydrogen) atoms. The van der Waals surface area contributed by atoms with Crippen LogP contribution in [0, 0.1) is 0 Å². The van der Waals surface area contributed by atoms with Crippen molar-refractivity contribution in [2.75, 3.05) is 0 Å². The molecule has 1 rings (SSSR count). The van der Waals surface area contributed by atoms with Crippen LogP contribution in [-0.2, 0) is 21.8 Å². The van der Waals surface area contributed by atoms with Crippen LogP contribution >= 0.6 is 15.9 Å². The molecule has 0 saturated carbocycles. The molecule has 1 aromatic rings. The quantitative estimate of drug-likeness (QED) is 0.653. The zero-order chi connectivity index (χ0) is 8.97. The molecule has 66 valence electrons. The molecule has 0 amide bonds. The zero-order valence-corrected chi connectivity index (χ0v) is 8.85. The van der Waals surface area contributed by atoms with Gasteiger partial charge in [0.15, 0.2) is 0 Å². The lowest BCUT2D eigenvalue weighted by molar-refractivity contribution is 0.614. The first-order valence-corrected chi connectivity index (χ1v) is 5.97. The van der Waals surface area contributed by atoms with E-state index in [2.05, 4.69) is 15.9 Å². The van der Waals surface area contributed by atoms with Crippen molar-refractivity contribution in [1.29, 1.82) is 0 Å². The Labute approximate surface area is 81.7 Å². The smallest absolute Gasteiger partial charge is 0.144 e. The van der Waals surface area contributed by atoms with E-state index in [9.17, 15) is 8.42 Å². The lowest BCUT2D eigenvalue weighted by Gasteiger charge is -2.01. The van der Waals surface area contributed by atoms with Gasteiger partial charge in [-0.05, 0) is 11.1 Å². The van der Waals surface area contributed by atoms with E-state index in [1.54, 1.807) is 0 Å². The van der Waals surface area contributed by atoms with E-state index >= 15 is 0 Å². The van der Waals surface area contributed by atoms with E-state index < -0.39 is 10.7 Å². The molecule has 0 fully saturated rings.